The van der Waals surface area contributed by atoms with Crippen LogP contribution in [0.5, 0.6) is 0 Å². The molecule has 0 aliphatic carbocycles. The molecule has 19 heavy (non-hydrogen) atoms. The number of benzene rings is 1. The van der Waals surface area contributed by atoms with E-state index in [0.717, 1.165) is 12.3 Å². The molecule has 0 atom stereocenters. The number of hydrogen-bond acceptors (Lipinski definition) is 5. The summed E-state index contributed by atoms with van der Waals surface area (Å²) in [6, 6.07) is 3.72. The van der Waals surface area contributed by atoms with Gasteiger partial charge in [0.15, 0.2) is 9.84 Å². The van der Waals surface area contributed by atoms with E-state index >= 15 is 0 Å². The molecular formula is C12H14N2O4S. The van der Waals surface area contributed by atoms with Crippen LogP contribution in [0.25, 0.3) is 0 Å². The van der Waals surface area contributed by atoms with Gasteiger partial charge in [0, 0.05) is 25.3 Å². The van der Waals surface area contributed by atoms with Crippen molar-refractivity contribution in [2.45, 2.75) is 11.3 Å². The first-order chi connectivity index (χ1) is 8.86. The summed E-state index contributed by atoms with van der Waals surface area (Å²) in [5.74, 6) is 5.47. The minimum Gasteiger partial charge on any atom is -0.319 e. The predicted molar refractivity (Wildman–Crippen MR) is 71.6 cm³/mol. The molecule has 0 amide bonds. The first-order valence-corrected chi connectivity index (χ1v) is 7.37. The molecule has 0 saturated heterocycles. The van der Waals surface area contributed by atoms with Gasteiger partial charge >= 0.3 is 0 Å². The van der Waals surface area contributed by atoms with Crippen LogP contribution in [0.3, 0.4) is 0 Å². The number of hydrogen-bond donors (Lipinski definition) is 1. The zero-order valence-electron chi connectivity index (χ0n) is 10.6. The molecule has 0 aliphatic rings. The van der Waals surface area contributed by atoms with Gasteiger partial charge in [0.25, 0.3) is 5.69 Å². The highest BCUT2D eigenvalue weighted by Gasteiger charge is 2.17. The van der Waals surface area contributed by atoms with Gasteiger partial charge < -0.3 is 5.32 Å². The third-order valence-electron chi connectivity index (χ3n) is 2.32. The molecule has 0 unspecified atom stereocenters. The molecule has 1 aromatic carbocycles. The van der Waals surface area contributed by atoms with E-state index in [1.807, 2.05) is 0 Å². The van der Waals surface area contributed by atoms with E-state index in [0.29, 0.717) is 13.0 Å². The molecule has 1 N–H and O–H groups in total. The van der Waals surface area contributed by atoms with E-state index in [-0.39, 0.29) is 16.1 Å². The third-order valence-corrected chi connectivity index (χ3v) is 3.43. The maximum Gasteiger partial charge on any atom is 0.286 e. The molecule has 0 fully saturated rings. The van der Waals surface area contributed by atoms with E-state index < -0.39 is 14.8 Å². The van der Waals surface area contributed by atoms with Gasteiger partial charge in [-0.25, -0.2) is 8.42 Å². The van der Waals surface area contributed by atoms with Crippen molar-refractivity contribution in [1.82, 2.24) is 5.32 Å². The van der Waals surface area contributed by atoms with Crippen molar-refractivity contribution in [3.8, 4) is 11.8 Å². The molecule has 0 spiro atoms. The van der Waals surface area contributed by atoms with Crippen LogP contribution < -0.4 is 5.32 Å². The Morgan fingerprint density at radius 2 is 2.11 bits per heavy atom. The largest absolute Gasteiger partial charge is 0.319 e. The molecule has 102 valence electrons. The Hall–Kier alpha value is -1.91. The normalized spacial score (nSPS) is 10.6. The van der Waals surface area contributed by atoms with E-state index in [1.54, 1.807) is 7.05 Å². The molecule has 1 aromatic rings. The topological polar surface area (TPSA) is 89.3 Å². The van der Waals surface area contributed by atoms with Gasteiger partial charge in [-0.05, 0) is 19.2 Å². The summed E-state index contributed by atoms with van der Waals surface area (Å²) in [7, 11) is -1.68. The van der Waals surface area contributed by atoms with Crippen molar-refractivity contribution < 1.29 is 13.3 Å². The maximum absolute atomic E-state index is 11.4. The van der Waals surface area contributed by atoms with E-state index in [9.17, 15) is 18.5 Å². The predicted octanol–water partition coefficient (Wildman–Crippen LogP) is 0.959. The second-order valence-corrected chi connectivity index (χ2v) is 5.88. The standard InChI is InChI=1S/C12H14N2O4S/c1-13-8-4-3-5-10-6-7-11(19(2,17)18)9-12(10)14(15)16/h6-7,9,13H,4,8H2,1-2H3. The number of nitro groups is 1. The zero-order valence-corrected chi connectivity index (χ0v) is 11.5. The number of sulfone groups is 1. The molecule has 6 nitrogen and oxygen atoms in total. The Balaban J connectivity index is 3.19. The molecule has 0 radical (unpaired) electrons. The van der Waals surface area contributed by atoms with Crippen molar-refractivity contribution in [1.29, 1.82) is 0 Å². The number of nitrogens with one attached hydrogen (secondary N) is 1. The third kappa shape index (κ3) is 4.35. The minimum atomic E-state index is -3.47. The first kappa shape index (κ1) is 15.1. The van der Waals surface area contributed by atoms with Crippen LogP contribution in [-0.4, -0.2) is 33.2 Å². The van der Waals surface area contributed by atoms with Crippen LogP contribution >= 0.6 is 0 Å². The smallest absolute Gasteiger partial charge is 0.286 e. The first-order valence-electron chi connectivity index (χ1n) is 5.48. The summed E-state index contributed by atoms with van der Waals surface area (Å²) in [6.45, 7) is 0.683. The summed E-state index contributed by atoms with van der Waals surface area (Å²) in [6.07, 6.45) is 1.56. The quantitative estimate of drug-likeness (QED) is 0.384. The van der Waals surface area contributed by atoms with Crippen LogP contribution in [0, 0.1) is 22.0 Å². The summed E-state index contributed by atoms with van der Waals surface area (Å²) in [5, 5.41) is 13.8. The summed E-state index contributed by atoms with van der Waals surface area (Å²) in [5.41, 5.74) is -0.0756. The lowest BCUT2D eigenvalue weighted by Gasteiger charge is -2.00. The Bertz CT molecular complexity index is 641. The van der Waals surface area contributed by atoms with Crippen LogP contribution in [0.4, 0.5) is 5.69 Å². The van der Waals surface area contributed by atoms with Crippen LogP contribution in [0.2, 0.25) is 0 Å². The lowest BCUT2D eigenvalue weighted by Crippen LogP contribution is -2.06. The Morgan fingerprint density at radius 3 is 2.63 bits per heavy atom. The molecule has 0 aromatic heterocycles. The molecule has 0 bridgehead atoms. The highest BCUT2D eigenvalue weighted by atomic mass is 32.2. The van der Waals surface area contributed by atoms with Crippen LogP contribution in [0.1, 0.15) is 12.0 Å². The van der Waals surface area contributed by atoms with Gasteiger partial charge in [-0.3, -0.25) is 10.1 Å². The highest BCUT2D eigenvalue weighted by molar-refractivity contribution is 7.90. The minimum absolute atomic E-state index is 0.0834. The highest BCUT2D eigenvalue weighted by Crippen LogP contribution is 2.22. The number of rotatable bonds is 4. The molecule has 7 heteroatoms. The maximum atomic E-state index is 11.4. The zero-order chi connectivity index (χ0) is 14.5. The van der Waals surface area contributed by atoms with E-state index in [2.05, 4.69) is 17.2 Å². The fraction of sp³-hybridized carbons (Fsp3) is 0.333. The van der Waals surface area contributed by atoms with Gasteiger partial charge in [-0.15, -0.1) is 0 Å². The number of nitro benzene ring substituents is 1. The average molecular weight is 282 g/mol. The molecular weight excluding hydrogens is 268 g/mol. The van der Waals surface area contributed by atoms with Crippen molar-refractivity contribution in [3.63, 3.8) is 0 Å². The van der Waals surface area contributed by atoms with Gasteiger partial charge in [-0.1, -0.05) is 11.8 Å². The fourth-order valence-corrected chi connectivity index (χ4v) is 1.99. The Labute approximate surface area is 111 Å². The number of nitrogens with zero attached hydrogens (tertiary/aromatic N) is 1. The van der Waals surface area contributed by atoms with Gasteiger partial charge in [0.1, 0.15) is 5.56 Å². The van der Waals surface area contributed by atoms with Crippen molar-refractivity contribution >= 4 is 15.5 Å². The second kappa shape index (κ2) is 6.31. The molecule has 0 saturated carbocycles. The monoisotopic (exact) mass is 282 g/mol. The summed E-state index contributed by atoms with van der Waals surface area (Å²) >= 11 is 0. The average Bonchev–Trinajstić information content (AvgIpc) is 2.33. The lowest BCUT2D eigenvalue weighted by molar-refractivity contribution is -0.385. The van der Waals surface area contributed by atoms with Gasteiger partial charge in [-0.2, -0.15) is 0 Å². The summed E-state index contributed by atoms with van der Waals surface area (Å²) in [4.78, 5) is 10.2. The fourth-order valence-electron chi connectivity index (χ4n) is 1.34. The van der Waals surface area contributed by atoms with Crippen LogP contribution in [-0.2, 0) is 9.84 Å². The van der Waals surface area contributed by atoms with E-state index in [4.69, 9.17) is 0 Å². The second-order valence-electron chi connectivity index (χ2n) is 3.86. The van der Waals surface area contributed by atoms with Crippen molar-refractivity contribution in [2.75, 3.05) is 19.8 Å². The van der Waals surface area contributed by atoms with Crippen LogP contribution in [0.15, 0.2) is 23.1 Å². The van der Waals surface area contributed by atoms with E-state index in [1.165, 1.54) is 12.1 Å². The van der Waals surface area contributed by atoms with Crippen molar-refractivity contribution in [2.24, 2.45) is 0 Å². The SMILES string of the molecule is CNCCC#Cc1ccc(S(C)(=O)=O)cc1[N+](=O)[O-]. The molecule has 1 rings (SSSR count). The molecule has 0 aliphatic heterocycles. The Morgan fingerprint density at radius 1 is 1.42 bits per heavy atom. The Kier molecular flexibility index (Phi) is 5.03. The van der Waals surface area contributed by atoms with Gasteiger partial charge in [0.2, 0.25) is 0 Å². The van der Waals surface area contributed by atoms with Gasteiger partial charge in [0.05, 0.1) is 9.82 Å². The molecule has 0 heterocycles. The van der Waals surface area contributed by atoms with Crippen molar-refractivity contribution in [3.05, 3.63) is 33.9 Å². The lowest BCUT2D eigenvalue weighted by atomic mass is 10.2. The summed E-state index contributed by atoms with van der Waals surface area (Å²) < 4.78 is 22.7.